The van der Waals surface area contributed by atoms with Crippen molar-refractivity contribution in [2.75, 3.05) is 0 Å². The van der Waals surface area contributed by atoms with Crippen molar-refractivity contribution < 1.29 is 18.7 Å². The summed E-state index contributed by atoms with van der Waals surface area (Å²) < 4.78 is 10.3. The van der Waals surface area contributed by atoms with Crippen molar-refractivity contribution in [3.8, 4) is 0 Å². The second-order valence-corrected chi connectivity index (χ2v) is 8.45. The number of halogens is 1. The first-order valence-corrected chi connectivity index (χ1v) is 10.2. The van der Waals surface area contributed by atoms with Gasteiger partial charge in [-0.25, -0.2) is 19.2 Å². The topological polar surface area (TPSA) is 90.7 Å². The number of carbonyl (C=O) groups excluding carboxylic acids is 2. The van der Waals surface area contributed by atoms with E-state index in [-0.39, 0.29) is 21.9 Å². The summed E-state index contributed by atoms with van der Waals surface area (Å²) in [5, 5.41) is 5.55. The molecule has 0 saturated carbocycles. The van der Waals surface area contributed by atoms with E-state index < -0.39 is 23.2 Å². The molecule has 6 aromatic rings. The van der Waals surface area contributed by atoms with Crippen molar-refractivity contribution in [3.05, 3.63) is 78.9 Å². The molecule has 0 spiro atoms. The van der Waals surface area contributed by atoms with Gasteiger partial charge in [0, 0.05) is 20.6 Å². The average Bonchev–Trinajstić information content (AvgIpc) is 3.04. The molecular weight excluding hydrogens is 464 g/mol. The van der Waals surface area contributed by atoms with E-state index >= 15 is 0 Å². The summed E-state index contributed by atoms with van der Waals surface area (Å²) >= 11 is 3.45. The lowest BCUT2D eigenvalue weighted by molar-refractivity contribution is 0.0392. The van der Waals surface area contributed by atoms with E-state index in [1.165, 1.54) is 0 Å². The van der Waals surface area contributed by atoms with E-state index in [2.05, 4.69) is 15.9 Å². The Kier molecular flexibility index (Phi) is 2.86. The molecule has 1 aliphatic rings. The van der Waals surface area contributed by atoms with Crippen molar-refractivity contribution in [2.45, 2.75) is 0 Å². The van der Waals surface area contributed by atoms with E-state index in [0.717, 1.165) is 26.9 Å². The molecule has 6 nitrogen and oxygen atoms in total. The van der Waals surface area contributed by atoms with Crippen LogP contribution in [-0.2, 0) is 4.74 Å². The van der Waals surface area contributed by atoms with Crippen LogP contribution in [0.3, 0.4) is 0 Å². The van der Waals surface area contributed by atoms with Gasteiger partial charge in [-0.05, 0) is 48.9 Å². The highest BCUT2D eigenvalue weighted by molar-refractivity contribution is 9.10. The van der Waals surface area contributed by atoms with E-state index in [4.69, 9.17) is 9.15 Å². The number of hydrogen-bond donors (Lipinski definition) is 0. The van der Waals surface area contributed by atoms with Crippen molar-refractivity contribution in [2.24, 2.45) is 0 Å². The first-order chi connectivity index (χ1) is 15.0. The first-order valence-electron chi connectivity index (χ1n) is 9.39. The van der Waals surface area contributed by atoms with Gasteiger partial charge in [0.05, 0.1) is 21.9 Å². The molecule has 7 rings (SSSR count). The first kappa shape index (κ1) is 16.9. The number of cyclic esters (lactones) is 2. The number of ether oxygens (including phenoxy) is 1. The molecule has 7 heteroatoms. The highest BCUT2D eigenvalue weighted by atomic mass is 79.9. The largest absolute Gasteiger partial charge is 0.386 e. The lowest BCUT2D eigenvalue weighted by Crippen LogP contribution is -2.22. The molecule has 0 bridgehead atoms. The van der Waals surface area contributed by atoms with Crippen LogP contribution in [0.2, 0.25) is 0 Å². The summed E-state index contributed by atoms with van der Waals surface area (Å²) in [5.74, 6) is -1.77. The molecule has 5 aromatic carbocycles. The van der Waals surface area contributed by atoms with Gasteiger partial charge in [0.2, 0.25) is 0 Å². The molecule has 0 aliphatic carbocycles. The van der Waals surface area contributed by atoms with Crippen LogP contribution in [-0.4, -0.2) is 11.9 Å². The summed E-state index contributed by atoms with van der Waals surface area (Å²) in [7, 11) is 0. The number of esters is 2. The highest BCUT2D eigenvalue weighted by Crippen LogP contribution is 2.47. The average molecular weight is 471 g/mol. The molecule has 0 radical (unpaired) electrons. The van der Waals surface area contributed by atoms with Crippen LogP contribution in [0.25, 0.3) is 53.9 Å². The molecule has 0 atom stereocenters. The minimum atomic E-state index is -0.965. The maximum atomic E-state index is 12.8. The Bertz CT molecular complexity index is 1940. The second-order valence-electron chi connectivity index (χ2n) is 7.59. The van der Waals surface area contributed by atoms with Gasteiger partial charge in [-0.2, -0.15) is 0 Å². The van der Waals surface area contributed by atoms with Crippen molar-refractivity contribution in [1.82, 2.24) is 0 Å². The lowest BCUT2D eigenvalue weighted by Gasteiger charge is -2.22. The molecular formula is C24H7BrO6. The summed E-state index contributed by atoms with van der Waals surface area (Å²) in [6.07, 6.45) is 0. The molecule has 2 heterocycles. The SMILES string of the molecule is O=C1OC(=O)c2c3c1c(Br)cc1c4cccc5cccc(c54)c(c4c(=O)oc(=O)c24)c31. The summed E-state index contributed by atoms with van der Waals surface area (Å²) in [6.45, 7) is 0. The lowest BCUT2D eigenvalue weighted by atomic mass is 9.83. The number of benzene rings is 5. The Morgan fingerprint density at radius 3 is 2.03 bits per heavy atom. The standard InChI is InChI=1S/C24H7BrO6/c25-12-7-11-9-5-1-3-8-4-2-6-10(13(8)9)14-15(11)17-16(12)21(26)30-23(28)19(17)20-18(14)22(27)31-24(20)29/h1-7H. The smallest absolute Gasteiger partial charge is 0.347 e. The van der Waals surface area contributed by atoms with Crippen LogP contribution in [0.15, 0.2) is 60.9 Å². The predicted octanol–water partition coefficient (Wildman–Crippen LogP) is 4.71. The normalized spacial score (nSPS) is 14.0. The molecule has 146 valence electrons. The van der Waals surface area contributed by atoms with Crippen LogP contribution in [0.4, 0.5) is 0 Å². The van der Waals surface area contributed by atoms with E-state index in [0.29, 0.717) is 20.6 Å². The predicted molar refractivity (Wildman–Crippen MR) is 119 cm³/mol. The third-order valence-corrected chi connectivity index (χ3v) is 6.81. The Balaban J connectivity index is 2.04. The Morgan fingerprint density at radius 2 is 1.26 bits per heavy atom. The van der Waals surface area contributed by atoms with Gasteiger partial charge >= 0.3 is 23.2 Å². The third-order valence-electron chi connectivity index (χ3n) is 6.18. The van der Waals surface area contributed by atoms with Crippen molar-refractivity contribution in [1.29, 1.82) is 0 Å². The van der Waals surface area contributed by atoms with Gasteiger partial charge in [-0.15, -0.1) is 0 Å². The van der Waals surface area contributed by atoms with Gasteiger partial charge < -0.3 is 9.15 Å². The molecule has 1 aliphatic heterocycles. The number of carbonyl (C=O) groups is 2. The third kappa shape index (κ3) is 1.80. The van der Waals surface area contributed by atoms with Crippen molar-refractivity contribution >= 4 is 81.7 Å². The Morgan fingerprint density at radius 1 is 0.613 bits per heavy atom. The fourth-order valence-corrected chi connectivity index (χ4v) is 5.69. The summed E-state index contributed by atoms with van der Waals surface area (Å²) in [4.78, 5) is 50.9. The maximum absolute atomic E-state index is 12.8. The number of furan rings is 1. The molecule has 1 aromatic heterocycles. The molecule has 31 heavy (non-hydrogen) atoms. The highest BCUT2D eigenvalue weighted by Gasteiger charge is 2.36. The summed E-state index contributed by atoms with van der Waals surface area (Å²) in [5.41, 5.74) is -1.69. The number of rotatable bonds is 0. The van der Waals surface area contributed by atoms with Gasteiger partial charge in [-0.3, -0.25) is 0 Å². The maximum Gasteiger partial charge on any atom is 0.347 e. The van der Waals surface area contributed by atoms with E-state index in [9.17, 15) is 19.2 Å². The number of fused-ring (bicyclic) bond motifs is 5. The van der Waals surface area contributed by atoms with Crippen LogP contribution in [0.1, 0.15) is 20.7 Å². The monoisotopic (exact) mass is 470 g/mol. The summed E-state index contributed by atoms with van der Waals surface area (Å²) in [6, 6.07) is 13.3. The van der Waals surface area contributed by atoms with E-state index in [1.807, 2.05) is 36.4 Å². The minimum Gasteiger partial charge on any atom is -0.386 e. The molecule has 0 unspecified atom stereocenters. The Hall–Kier alpha value is -3.84. The van der Waals surface area contributed by atoms with Crippen LogP contribution < -0.4 is 11.3 Å². The molecule has 0 N–H and O–H groups in total. The van der Waals surface area contributed by atoms with Gasteiger partial charge in [-0.1, -0.05) is 36.4 Å². The van der Waals surface area contributed by atoms with Crippen LogP contribution in [0, 0.1) is 0 Å². The number of hydrogen-bond acceptors (Lipinski definition) is 6. The molecule has 0 amide bonds. The van der Waals surface area contributed by atoms with Crippen LogP contribution in [0.5, 0.6) is 0 Å². The zero-order valence-electron chi connectivity index (χ0n) is 15.4. The fourth-order valence-electron chi connectivity index (χ4n) is 5.10. The second kappa shape index (κ2) is 5.25. The minimum absolute atomic E-state index is 0.0373. The van der Waals surface area contributed by atoms with Gasteiger partial charge in [0.1, 0.15) is 0 Å². The van der Waals surface area contributed by atoms with Crippen LogP contribution >= 0.6 is 15.9 Å². The van der Waals surface area contributed by atoms with Gasteiger partial charge in [0.25, 0.3) is 0 Å². The van der Waals surface area contributed by atoms with Crippen molar-refractivity contribution in [3.63, 3.8) is 0 Å². The zero-order valence-corrected chi connectivity index (χ0v) is 17.0. The van der Waals surface area contributed by atoms with Gasteiger partial charge in [0.15, 0.2) is 0 Å². The molecule has 0 saturated heterocycles. The fraction of sp³-hybridized carbons (Fsp3) is 0. The quantitative estimate of drug-likeness (QED) is 0.138. The van der Waals surface area contributed by atoms with E-state index in [1.54, 1.807) is 6.07 Å². The zero-order chi connectivity index (χ0) is 21.2. The Labute approximate surface area is 179 Å². The molecule has 0 fully saturated rings.